The number of benzene rings is 1. The number of furan rings is 1. The van der Waals surface area contributed by atoms with E-state index >= 15 is 0 Å². The van der Waals surface area contributed by atoms with Crippen molar-refractivity contribution in [2.45, 2.75) is 32.4 Å². The standard InChI is InChI=1S/C22H21N5O3S/c28-19(8-9-20-25-21(26-30-20)17-7-4-12-29-17)24-22-23-16-10-11-27(14-18(16)31-22)13-15-5-2-1-3-6-15/h1-7,12H,8-11,13-14H2,(H,23,24,28). The fourth-order valence-electron chi connectivity index (χ4n) is 3.54. The molecule has 1 N–H and O–H groups in total. The first kappa shape index (κ1) is 19.7. The Hall–Kier alpha value is -3.30. The molecule has 0 saturated heterocycles. The fourth-order valence-corrected chi connectivity index (χ4v) is 4.61. The third-order valence-electron chi connectivity index (χ3n) is 5.08. The Bertz CT molecular complexity index is 1150. The second-order valence-corrected chi connectivity index (χ2v) is 8.46. The molecule has 0 fully saturated rings. The average Bonchev–Trinajstić information content (AvgIpc) is 3.53. The van der Waals surface area contributed by atoms with Gasteiger partial charge in [-0.1, -0.05) is 35.5 Å². The molecule has 3 aromatic heterocycles. The van der Waals surface area contributed by atoms with Crippen LogP contribution in [0.4, 0.5) is 5.13 Å². The highest BCUT2D eigenvalue weighted by Gasteiger charge is 2.21. The molecule has 1 aliphatic heterocycles. The smallest absolute Gasteiger partial charge is 0.238 e. The van der Waals surface area contributed by atoms with Gasteiger partial charge in [0, 0.05) is 43.8 Å². The van der Waals surface area contributed by atoms with Crippen molar-refractivity contribution >= 4 is 22.4 Å². The third-order valence-corrected chi connectivity index (χ3v) is 6.08. The van der Waals surface area contributed by atoms with Gasteiger partial charge in [0.15, 0.2) is 10.9 Å². The van der Waals surface area contributed by atoms with E-state index in [1.54, 1.807) is 29.7 Å². The molecular weight excluding hydrogens is 414 g/mol. The van der Waals surface area contributed by atoms with Crippen LogP contribution in [0.2, 0.25) is 0 Å². The lowest BCUT2D eigenvalue weighted by Gasteiger charge is -2.25. The molecular formula is C22H21N5O3S. The van der Waals surface area contributed by atoms with E-state index in [0.717, 1.165) is 31.7 Å². The minimum Gasteiger partial charge on any atom is -0.461 e. The maximum absolute atomic E-state index is 12.4. The first-order valence-corrected chi connectivity index (χ1v) is 11.0. The van der Waals surface area contributed by atoms with Gasteiger partial charge >= 0.3 is 0 Å². The van der Waals surface area contributed by atoms with Gasteiger partial charge in [-0.15, -0.1) is 11.3 Å². The predicted octanol–water partition coefficient (Wildman–Crippen LogP) is 3.92. The summed E-state index contributed by atoms with van der Waals surface area (Å²) in [6, 6.07) is 14.0. The maximum atomic E-state index is 12.4. The second-order valence-electron chi connectivity index (χ2n) is 7.37. The number of carbonyl (C=O) groups excluding carboxylic acids is 1. The Labute approximate surface area is 182 Å². The van der Waals surface area contributed by atoms with Crippen molar-refractivity contribution in [3.63, 3.8) is 0 Å². The highest BCUT2D eigenvalue weighted by molar-refractivity contribution is 7.15. The first-order valence-electron chi connectivity index (χ1n) is 10.1. The zero-order chi connectivity index (χ0) is 21.0. The number of aryl methyl sites for hydroxylation is 1. The number of thiazole rings is 1. The number of nitrogens with zero attached hydrogens (tertiary/aromatic N) is 4. The summed E-state index contributed by atoms with van der Waals surface area (Å²) in [4.78, 5) is 24.9. The van der Waals surface area contributed by atoms with Gasteiger partial charge in [0.05, 0.1) is 12.0 Å². The topological polar surface area (TPSA) is 97.3 Å². The van der Waals surface area contributed by atoms with Crippen LogP contribution in [0.3, 0.4) is 0 Å². The van der Waals surface area contributed by atoms with Crippen LogP contribution in [-0.4, -0.2) is 32.5 Å². The van der Waals surface area contributed by atoms with Crippen LogP contribution in [0.15, 0.2) is 57.7 Å². The molecule has 9 heteroatoms. The number of hydrogen-bond acceptors (Lipinski definition) is 8. The Morgan fingerprint density at radius 3 is 2.90 bits per heavy atom. The van der Waals surface area contributed by atoms with Crippen LogP contribution in [0.5, 0.6) is 0 Å². The first-order chi connectivity index (χ1) is 15.2. The number of carbonyl (C=O) groups is 1. The Kier molecular flexibility index (Phi) is 5.59. The summed E-state index contributed by atoms with van der Waals surface area (Å²) >= 11 is 1.55. The average molecular weight is 436 g/mol. The Balaban J connectivity index is 1.14. The molecule has 0 bridgehead atoms. The molecule has 158 valence electrons. The van der Waals surface area contributed by atoms with E-state index in [1.165, 1.54) is 10.4 Å². The van der Waals surface area contributed by atoms with Crippen LogP contribution in [0.1, 0.15) is 28.4 Å². The lowest BCUT2D eigenvalue weighted by atomic mass is 10.1. The number of amides is 1. The lowest BCUT2D eigenvalue weighted by molar-refractivity contribution is -0.116. The normalized spacial score (nSPS) is 13.8. The van der Waals surface area contributed by atoms with E-state index in [1.807, 2.05) is 6.07 Å². The van der Waals surface area contributed by atoms with Crippen LogP contribution < -0.4 is 5.32 Å². The van der Waals surface area contributed by atoms with E-state index in [-0.39, 0.29) is 12.3 Å². The summed E-state index contributed by atoms with van der Waals surface area (Å²) in [5.41, 5.74) is 2.39. The summed E-state index contributed by atoms with van der Waals surface area (Å²) in [5, 5.41) is 7.44. The number of rotatable bonds is 7. The fraction of sp³-hybridized carbons (Fsp3) is 0.273. The van der Waals surface area contributed by atoms with Gasteiger partial charge in [0.1, 0.15) is 0 Å². The molecule has 4 heterocycles. The van der Waals surface area contributed by atoms with Crippen molar-refractivity contribution in [3.8, 4) is 11.6 Å². The molecule has 0 aliphatic carbocycles. The predicted molar refractivity (Wildman–Crippen MR) is 115 cm³/mol. The van der Waals surface area contributed by atoms with Crippen molar-refractivity contribution < 1.29 is 13.7 Å². The monoisotopic (exact) mass is 435 g/mol. The number of fused-ring (bicyclic) bond motifs is 1. The number of aromatic nitrogens is 3. The molecule has 1 amide bonds. The Morgan fingerprint density at radius 1 is 1.16 bits per heavy atom. The summed E-state index contributed by atoms with van der Waals surface area (Å²) in [5.74, 6) is 1.20. The molecule has 0 unspecified atom stereocenters. The van der Waals surface area contributed by atoms with Crippen LogP contribution in [0, 0.1) is 0 Å². The quantitative estimate of drug-likeness (QED) is 0.470. The zero-order valence-corrected chi connectivity index (χ0v) is 17.6. The van der Waals surface area contributed by atoms with Crippen molar-refractivity contribution in [2.75, 3.05) is 11.9 Å². The molecule has 0 atom stereocenters. The highest BCUT2D eigenvalue weighted by Crippen LogP contribution is 2.29. The summed E-state index contributed by atoms with van der Waals surface area (Å²) in [6.45, 7) is 2.74. The van der Waals surface area contributed by atoms with Gasteiger partial charge in [-0.05, 0) is 17.7 Å². The minimum atomic E-state index is -0.120. The van der Waals surface area contributed by atoms with E-state index < -0.39 is 0 Å². The van der Waals surface area contributed by atoms with Gasteiger partial charge in [0.25, 0.3) is 0 Å². The molecule has 1 aliphatic rings. The Morgan fingerprint density at radius 2 is 2.06 bits per heavy atom. The van der Waals surface area contributed by atoms with Crippen LogP contribution >= 0.6 is 11.3 Å². The van der Waals surface area contributed by atoms with Gasteiger partial charge in [-0.25, -0.2) is 4.98 Å². The molecule has 0 spiro atoms. The van der Waals surface area contributed by atoms with Crippen LogP contribution in [-0.2, 0) is 30.7 Å². The zero-order valence-electron chi connectivity index (χ0n) is 16.8. The van der Waals surface area contributed by atoms with Crippen molar-refractivity contribution in [1.82, 2.24) is 20.0 Å². The number of anilines is 1. The van der Waals surface area contributed by atoms with E-state index in [4.69, 9.17) is 8.94 Å². The summed E-state index contributed by atoms with van der Waals surface area (Å²) in [6.07, 6.45) is 3.04. The van der Waals surface area contributed by atoms with Crippen molar-refractivity contribution in [1.29, 1.82) is 0 Å². The SMILES string of the molecule is O=C(CCc1nc(-c2ccco2)no1)Nc1nc2c(s1)CN(Cc1ccccc1)CC2. The van der Waals surface area contributed by atoms with Gasteiger partial charge in [-0.2, -0.15) is 4.98 Å². The summed E-state index contributed by atoms with van der Waals surface area (Å²) in [7, 11) is 0. The lowest BCUT2D eigenvalue weighted by Crippen LogP contribution is -2.29. The number of nitrogens with one attached hydrogen (secondary N) is 1. The molecule has 31 heavy (non-hydrogen) atoms. The molecule has 5 rings (SSSR count). The highest BCUT2D eigenvalue weighted by atomic mass is 32.1. The molecule has 0 saturated carbocycles. The molecule has 1 aromatic carbocycles. The van der Waals surface area contributed by atoms with E-state index in [0.29, 0.717) is 29.0 Å². The van der Waals surface area contributed by atoms with E-state index in [2.05, 4.69) is 49.6 Å². The van der Waals surface area contributed by atoms with Gasteiger partial charge < -0.3 is 14.3 Å². The van der Waals surface area contributed by atoms with Crippen LogP contribution in [0.25, 0.3) is 11.6 Å². The second kappa shape index (κ2) is 8.83. The minimum absolute atomic E-state index is 0.120. The van der Waals surface area contributed by atoms with E-state index in [9.17, 15) is 4.79 Å². The van der Waals surface area contributed by atoms with Gasteiger partial charge in [0.2, 0.25) is 17.6 Å². The maximum Gasteiger partial charge on any atom is 0.238 e. The molecule has 4 aromatic rings. The van der Waals surface area contributed by atoms with Crippen molar-refractivity contribution in [3.05, 3.63) is 70.8 Å². The third kappa shape index (κ3) is 4.73. The van der Waals surface area contributed by atoms with Crippen molar-refractivity contribution in [2.24, 2.45) is 0 Å². The number of hydrogen-bond donors (Lipinski definition) is 1. The summed E-state index contributed by atoms with van der Waals surface area (Å²) < 4.78 is 10.4. The largest absolute Gasteiger partial charge is 0.461 e. The van der Waals surface area contributed by atoms with Gasteiger partial charge in [-0.3, -0.25) is 9.69 Å². The molecule has 8 nitrogen and oxygen atoms in total. The molecule has 0 radical (unpaired) electrons.